The maximum absolute atomic E-state index is 11.9. The number of ketones is 1. The van der Waals surface area contributed by atoms with Crippen molar-refractivity contribution in [1.82, 2.24) is 5.32 Å². The molecule has 4 nitrogen and oxygen atoms in total. The van der Waals surface area contributed by atoms with Crippen molar-refractivity contribution in [3.63, 3.8) is 0 Å². The first kappa shape index (κ1) is 12.2. The number of rotatable bonds is 3. The largest absolute Gasteiger partial charge is 0.445 e. The van der Waals surface area contributed by atoms with Gasteiger partial charge in [0.05, 0.1) is 6.04 Å². The summed E-state index contributed by atoms with van der Waals surface area (Å²) in [6, 6.07) is 9.11. The van der Waals surface area contributed by atoms with Crippen LogP contribution in [-0.4, -0.2) is 17.9 Å². The molecule has 1 amide bonds. The van der Waals surface area contributed by atoms with Gasteiger partial charge in [0.25, 0.3) is 0 Å². The van der Waals surface area contributed by atoms with Crippen molar-refractivity contribution in [3.05, 3.63) is 42.3 Å². The van der Waals surface area contributed by atoms with Crippen LogP contribution in [0, 0.1) is 18.3 Å². The van der Waals surface area contributed by atoms with E-state index in [4.69, 9.17) is 4.74 Å². The van der Waals surface area contributed by atoms with E-state index in [-0.39, 0.29) is 30.3 Å². The molecule has 1 N–H and O–H groups in total. The van der Waals surface area contributed by atoms with E-state index in [1.807, 2.05) is 30.3 Å². The molecule has 4 heteroatoms. The Balaban J connectivity index is 1.51. The molecule has 2 saturated carbocycles. The minimum Gasteiger partial charge on any atom is -0.445 e. The minimum atomic E-state index is -0.511. The van der Waals surface area contributed by atoms with Crippen molar-refractivity contribution in [1.29, 1.82) is 0 Å². The van der Waals surface area contributed by atoms with Gasteiger partial charge in [-0.05, 0) is 30.7 Å². The molecular weight excluding hydrogens is 242 g/mol. The number of alkyl carbamates (subject to hydrolysis) is 1. The summed E-state index contributed by atoms with van der Waals surface area (Å²) in [4.78, 5) is 23.6. The zero-order valence-electron chi connectivity index (χ0n) is 10.5. The van der Waals surface area contributed by atoms with Crippen LogP contribution in [0.25, 0.3) is 0 Å². The molecular formula is C15H16NO3. The molecule has 0 saturated heterocycles. The number of Topliss-reactive ketones (excluding diaryl/α,β-unsaturated/α-hetero) is 1. The quantitative estimate of drug-likeness (QED) is 0.903. The smallest absolute Gasteiger partial charge is 0.408 e. The van der Waals surface area contributed by atoms with Gasteiger partial charge in [-0.2, -0.15) is 0 Å². The van der Waals surface area contributed by atoms with Crippen molar-refractivity contribution >= 4 is 11.9 Å². The van der Waals surface area contributed by atoms with E-state index in [1.54, 1.807) is 0 Å². The van der Waals surface area contributed by atoms with Gasteiger partial charge >= 0.3 is 6.09 Å². The molecule has 1 radical (unpaired) electrons. The van der Waals surface area contributed by atoms with Crippen molar-refractivity contribution in [2.45, 2.75) is 25.5 Å². The van der Waals surface area contributed by atoms with E-state index in [0.717, 1.165) is 18.4 Å². The van der Waals surface area contributed by atoms with Crippen molar-refractivity contribution in [3.8, 4) is 0 Å². The molecule has 0 spiro atoms. The molecule has 19 heavy (non-hydrogen) atoms. The Morgan fingerprint density at radius 3 is 2.74 bits per heavy atom. The zero-order chi connectivity index (χ0) is 13.2. The second kappa shape index (κ2) is 5.03. The van der Waals surface area contributed by atoms with Crippen molar-refractivity contribution in [2.75, 3.05) is 0 Å². The van der Waals surface area contributed by atoms with E-state index >= 15 is 0 Å². The van der Waals surface area contributed by atoms with E-state index in [0.29, 0.717) is 0 Å². The summed E-state index contributed by atoms with van der Waals surface area (Å²) in [5.74, 6) is 0.374. The maximum atomic E-state index is 11.9. The average molecular weight is 258 g/mol. The SMILES string of the molecule is O=C(NC1C(=O)C2[CH]C1CC2)OCc1ccccc1. The second-order valence-corrected chi connectivity index (χ2v) is 5.13. The predicted molar refractivity (Wildman–Crippen MR) is 69.1 cm³/mol. The minimum absolute atomic E-state index is 0.0458. The fourth-order valence-electron chi connectivity index (χ4n) is 2.89. The maximum Gasteiger partial charge on any atom is 0.408 e. The molecule has 3 atom stereocenters. The highest BCUT2D eigenvalue weighted by molar-refractivity contribution is 5.94. The van der Waals surface area contributed by atoms with E-state index in [9.17, 15) is 9.59 Å². The van der Waals surface area contributed by atoms with Crippen molar-refractivity contribution in [2.24, 2.45) is 11.8 Å². The number of nitrogens with one attached hydrogen (secondary N) is 1. The third-order valence-electron chi connectivity index (χ3n) is 3.88. The van der Waals surface area contributed by atoms with Crippen LogP contribution in [0.5, 0.6) is 0 Å². The number of hydrogen-bond donors (Lipinski definition) is 1. The lowest BCUT2D eigenvalue weighted by atomic mass is 9.94. The Labute approximate surface area is 112 Å². The van der Waals surface area contributed by atoms with Gasteiger partial charge < -0.3 is 10.1 Å². The van der Waals surface area contributed by atoms with E-state index in [2.05, 4.69) is 11.7 Å². The molecule has 0 aromatic heterocycles. The summed E-state index contributed by atoms with van der Waals surface area (Å²) in [5, 5.41) is 2.69. The first-order valence-corrected chi connectivity index (χ1v) is 6.60. The van der Waals surface area contributed by atoms with Gasteiger partial charge in [-0.15, -0.1) is 0 Å². The Hall–Kier alpha value is -1.84. The monoisotopic (exact) mass is 258 g/mol. The number of carbonyl (C=O) groups excluding carboxylic acids is 2. The van der Waals surface area contributed by atoms with Gasteiger partial charge in [0.2, 0.25) is 0 Å². The molecule has 2 bridgehead atoms. The molecule has 2 aliphatic carbocycles. The second-order valence-electron chi connectivity index (χ2n) is 5.13. The van der Waals surface area contributed by atoms with Gasteiger partial charge in [0.15, 0.2) is 5.78 Å². The standard InChI is InChI=1S/C15H16NO3/c17-14-12-7-6-11(8-12)13(14)16-15(18)19-9-10-4-2-1-3-5-10/h1-5,8,11-13H,6-7,9H2,(H,16,18). The normalized spacial score (nSPS) is 28.4. The Bertz CT molecular complexity index is 485. The molecule has 1 aromatic rings. The van der Waals surface area contributed by atoms with Crippen LogP contribution in [0.4, 0.5) is 4.79 Å². The fourth-order valence-corrected chi connectivity index (χ4v) is 2.89. The molecule has 3 rings (SSSR count). The average Bonchev–Trinajstić information content (AvgIpc) is 3.01. The number of ether oxygens (including phenoxy) is 1. The number of carbonyl (C=O) groups is 2. The first-order chi connectivity index (χ1) is 9.24. The van der Waals surface area contributed by atoms with Crippen LogP contribution in [-0.2, 0) is 16.1 Å². The van der Waals surface area contributed by atoms with Gasteiger partial charge in [-0.25, -0.2) is 4.79 Å². The molecule has 0 heterocycles. The molecule has 3 unspecified atom stereocenters. The summed E-state index contributed by atoms with van der Waals surface area (Å²) in [5.41, 5.74) is 0.934. The molecule has 2 aliphatic rings. The van der Waals surface area contributed by atoms with Gasteiger partial charge in [-0.1, -0.05) is 30.3 Å². The number of benzene rings is 1. The fraction of sp³-hybridized carbons (Fsp3) is 0.400. The van der Waals surface area contributed by atoms with E-state index in [1.165, 1.54) is 0 Å². The van der Waals surface area contributed by atoms with Crippen molar-refractivity contribution < 1.29 is 14.3 Å². The lowest BCUT2D eigenvalue weighted by molar-refractivity contribution is -0.123. The van der Waals surface area contributed by atoms with Gasteiger partial charge in [-0.3, -0.25) is 4.79 Å². The Kier molecular flexibility index (Phi) is 3.23. The summed E-state index contributed by atoms with van der Waals surface area (Å²) >= 11 is 0. The summed E-state index contributed by atoms with van der Waals surface area (Å²) in [6.45, 7) is 0.228. The van der Waals surface area contributed by atoms with Crippen LogP contribution in [0.2, 0.25) is 0 Å². The Morgan fingerprint density at radius 2 is 2.05 bits per heavy atom. The summed E-state index contributed by atoms with van der Waals surface area (Å²) in [6.07, 6.45) is 3.47. The van der Waals surface area contributed by atoms with Crippen LogP contribution >= 0.6 is 0 Å². The number of amides is 1. The molecule has 0 aliphatic heterocycles. The highest BCUT2D eigenvalue weighted by Gasteiger charge is 2.47. The third kappa shape index (κ3) is 2.48. The third-order valence-corrected chi connectivity index (χ3v) is 3.88. The highest BCUT2D eigenvalue weighted by Crippen LogP contribution is 2.41. The molecule has 1 aromatic carbocycles. The predicted octanol–water partition coefficient (Wildman–Crippen LogP) is 2.09. The van der Waals surface area contributed by atoms with Crippen LogP contribution in [0.1, 0.15) is 18.4 Å². The van der Waals surface area contributed by atoms with Crippen LogP contribution < -0.4 is 5.32 Å². The lowest BCUT2D eigenvalue weighted by Gasteiger charge is -2.21. The van der Waals surface area contributed by atoms with Gasteiger partial charge in [0, 0.05) is 5.92 Å². The number of fused-ring (bicyclic) bond motifs is 2. The van der Waals surface area contributed by atoms with Crippen LogP contribution in [0.3, 0.4) is 0 Å². The van der Waals surface area contributed by atoms with Gasteiger partial charge in [0.1, 0.15) is 6.61 Å². The lowest BCUT2D eigenvalue weighted by Crippen LogP contribution is -2.44. The molecule has 99 valence electrons. The van der Waals surface area contributed by atoms with E-state index < -0.39 is 6.09 Å². The summed E-state index contributed by atoms with van der Waals surface area (Å²) < 4.78 is 5.13. The molecule has 2 fully saturated rings. The number of hydrogen-bond acceptors (Lipinski definition) is 3. The van der Waals surface area contributed by atoms with Crippen LogP contribution in [0.15, 0.2) is 30.3 Å². The highest BCUT2D eigenvalue weighted by atomic mass is 16.5. The zero-order valence-corrected chi connectivity index (χ0v) is 10.5. The topological polar surface area (TPSA) is 55.4 Å². The Morgan fingerprint density at radius 1 is 1.26 bits per heavy atom. The summed E-state index contributed by atoms with van der Waals surface area (Å²) in [7, 11) is 0. The first-order valence-electron chi connectivity index (χ1n) is 6.60.